The number of carbonyl (C=O) groups excluding carboxylic acids is 1. The van der Waals surface area contributed by atoms with Gasteiger partial charge in [0.15, 0.2) is 0 Å². The van der Waals surface area contributed by atoms with Gasteiger partial charge < -0.3 is 19.6 Å². The molecule has 1 amide bonds. The molecular formula is C17H32N2O3. The molecule has 22 heavy (non-hydrogen) atoms. The van der Waals surface area contributed by atoms with E-state index in [1.54, 1.807) is 0 Å². The zero-order chi connectivity index (χ0) is 16.3. The van der Waals surface area contributed by atoms with Gasteiger partial charge in [-0.3, -0.25) is 0 Å². The largest absolute Gasteiger partial charge is 0.444 e. The average molecular weight is 312 g/mol. The van der Waals surface area contributed by atoms with E-state index in [1.165, 1.54) is 6.42 Å². The second-order valence-electron chi connectivity index (χ2n) is 7.98. The van der Waals surface area contributed by atoms with Crippen molar-refractivity contribution < 1.29 is 14.6 Å². The summed E-state index contributed by atoms with van der Waals surface area (Å²) in [4.78, 5) is 16.5. The zero-order valence-corrected chi connectivity index (χ0v) is 14.5. The van der Waals surface area contributed by atoms with Crippen LogP contribution in [0.25, 0.3) is 0 Å². The highest BCUT2D eigenvalue weighted by Gasteiger charge is 2.31. The molecule has 0 saturated carbocycles. The Labute approximate surface area is 134 Å². The third-order valence-electron chi connectivity index (χ3n) is 4.68. The maximum atomic E-state index is 12.2. The molecule has 2 aliphatic heterocycles. The van der Waals surface area contributed by atoms with E-state index in [0.717, 1.165) is 45.6 Å². The number of rotatable bonds is 3. The van der Waals surface area contributed by atoms with Crippen LogP contribution in [0.2, 0.25) is 0 Å². The van der Waals surface area contributed by atoms with E-state index in [2.05, 4.69) is 4.90 Å². The number of likely N-dealkylation sites (tertiary alicyclic amines) is 2. The van der Waals surface area contributed by atoms with E-state index < -0.39 is 5.60 Å². The van der Waals surface area contributed by atoms with Gasteiger partial charge in [0.05, 0.1) is 6.10 Å². The normalized spacial score (nSPS) is 28.7. The van der Waals surface area contributed by atoms with Crippen LogP contribution < -0.4 is 0 Å². The number of aliphatic hydroxyl groups is 1. The quantitative estimate of drug-likeness (QED) is 0.869. The van der Waals surface area contributed by atoms with Crippen molar-refractivity contribution in [3.05, 3.63) is 0 Å². The highest BCUT2D eigenvalue weighted by Crippen LogP contribution is 2.24. The molecule has 0 aromatic rings. The molecule has 128 valence electrons. The van der Waals surface area contributed by atoms with Gasteiger partial charge in [0.2, 0.25) is 0 Å². The third-order valence-corrected chi connectivity index (χ3v) is 4.68. The van der Waals surface area contributed by atoms with Crippen LogP contribution in [0.3, 0.4) is 0 Å². The minimum atomic E-state index is -0.427. The summed E-state index contributed by atoms with van der Waals surface area (Å²) in [6, 6.07) is 0. The number of ether oxygens (including phenoxy) is 1. The monoisotopic (exact) mass is 312 g/mol. The van der Waals surface area contributed by atoms with Crippen molar-refractivity contribution in [1.82, 2.24) is 9.80 Å². The third kappa shape index (κ3) is 5.13. The van der Waals surface area contributed by atoms with Gasteiger partial charge in [0, 0.05) is 26.2 Å². The van der Waals surface area contributed by atoms with E-state index in [4.69, 9.17) is 4.74 Å². The van der Waals surface area contributed by atoms with Crippen molar-refractivity contribution in [2.24, 2.45) is 11.8 Å². The summed E-state index contributed by atoms with van der Waals surface area (Å²) in [5.74, 6) is 0.930. The fourth-order valence-electron chi connectivity index (χ4n) is 3.49. The van der Waals surface area contributed by atoms with Crippen molar-refractivity contribution in [3.8, 4) is 0 Å². The summed E-state index contributed by atoms with van der Waals surface area (Å²) in [6.45, 7) is 12.3. The summed E-state index contributed by atoms with van der Waals surface area (Å²) < 4.78 is 5.48. The van der Waals surface area contributed by atoms with Crippen molar-refractivity contribution in [1.29, 1.82) is 0 Å². The molecule has 0 aromatic carbocycles. The van der Waals surface area contributed by atoms with Crippen molar-refractivity contribution >= 4 is 6.09 Å². The molecule has 2 rings (SSSR count). The van der Waals surface area contributed by atoms with Gasteiger partial charge in [-0.1, -0.05) is 0 Å². The maximum Gasteiger partial charge on any atom is 0.410 e. The molecule has 3 unspecified atom stereocenters. The number of hydrogen-bond acceptors (Lipinski definition) is 4. The van der Waals surface area contributed by atoms with Crippen LogP contribution in [-0.2, 0) is 4.74 Å². The van der Waals surface area contributed by atoms with Crippen LogP contribution in [0.15, 0.2) is 0 Å². The summed E-state index contributed by atoms with van der Waals surface area (Å²) >= 11 is 0. The molecule has 2 aliphatic rings. The first-order valence-corrected chi connectivity index (χ1v) is 8.63. The SMILES string of the molecule is CC(O)C1CCN(CC2CCCN(C(=O)OC(C)(C)C)C2)C1. The lowest BCUT2D eigenvalue weighted by molar-refractivity contribution is 0.0147. The summed E-state index contributed by atoms with van der Waals surface area (Å²) in [6.07, 6.45) is 2.92. The Hall–Kier alpha value is -0.810. The van der Waals surface area contributed by atoms with Crippen LogP contribution in [0, 0.1) is 11.8 Å². The number of hydrogen-bond donors (Lipinski definition) is 1. The minimum Gasteiger partial charge on any atom is -0.444 e. The Kier molecular flexibility index (Phi) is 5.72. The van der Waals surface area contributed by atoms with Crippen molar-refractivity contribution in [2.75, 3.05) is 32.7 Å². The second-order valence-corrected chi connectivity index (χ2v) is 7.98. The summed E-state index contributed by atoms with van der Waals surface area (Å²) in [5.41, 5.74) is -0.427. The first-order valence-electron chi connectivity index (χ1n) is 8.63. The molecule has 2 fully saturated rings. The molecule has 2 saturated heterocycles. The van der Waals surface area contributed by atoms with Crippen molar-refractivity contribution in [2.45, 2.75) is 58.7 Å². The Balaban J connectivity index is 1.80. The Morgan fingerprint density at radius 3 is 2.59 bits per heavy atom. The molecule has 1 N–H and O–H groups in total. The average Bonchev–Trinajstić information content (AvgIpc) is 2.86. The maximum absolute atomic E-state index is 12.2. The highest BCUT2D eigenvalue weighted by atomic mass is 16.6. The Morgan fingerprint density at radius 1 is 1.27 bits per heavy atom. The molecule has 0 radical (unpaired) electrons. The number of piperidine rings is 1. The summed E-state index contributed by atoms with van der Waals surface area (Å²) in [7, 11) is 0. The van der Waals surface area contributed by atoms with E-state index in [-0.39, 0.29) is 12.2 Å². The van der Waals surface area contributed by atoms with Gasteiger partial charge in [-0.2, -0.15) is 0 Å². The lowest BCUT2D eigenvalue weighted by atomic mass is 9.97. The lowest BCUT2D eigenvalue weighted by Crippen LogP contribution is -2.45. The number of aliphatic hydroxyl groups excluding tert-OH is 1. The van der Waals surface area contributed by atoms with E-state index in [9.17, 15) is 9.90 Å². The topological polar surface area (TPSA) is 53.0 Å². The van der Waals surface area contributed by atoms with Gasteiger partial charge in [-0.05, 0) is 65.3 Å². The van der Waals surface area contributed by atoms with Crippen LogP contribution in [0.1, 0.15) is 47.0 Å². The molecule has 2 heterocycles. The van der Waals surface area contributed by atoms with Crippen molar-refractivity contribution in [3.63, 3.8) is 0 Å². The Bertz CT molecular complexity index is 379. The standard InChI is InChI=1S/C17H32N2O3/c1-13(20)15-7-9-18(12-15)10-14-6-5-8-19(11-14)16(21)22-17(2,3)4/h13-15,20H,5-12H2,1-4H3. The second kappa shape index (κ2) is 7.18. The predicted molar refractivity (Wildman–Crippen MR) is 86.8 cm³/mol. The first-order chi connectivity index (χ1) is 10.2. The van der Waals surface area contributed by atoms with Gasteiger partial charge >= 0.3 is 6.09 Å². The van der Waals surface area contributed by atoms with E-state index >= 15 is 0 Å². The van der Waals surface area contributed by atoms with Gasteiger partial charge in [0.25, 0.3) is 0 Å². The molecular weight excluding hydrogens is 280 g/mol. The van der Waals surface area contributed by atoms with Crippen LogP contribution in [0.5, 0.6) is 0 Å². The van der Waals surface area contributed by atoms with E-state index in [0.29, 0.717) is 11.8 Å². The molecule has 0 aliphatic carbocycles. The highest BCUT2D eigenvalue weighted by molar-refractivity contribution is 5.68. The van der Waals surface area contributed by atoms with Crippen LogP contribution in [-0.4, -0.2) is 65.4 Å². The number of carbonyl (C=O) groups is 1. The van der Waals surface area contributed by atoms with Gasteiger partial charge in [-0.15, -0.1) is 0 Å². The predicted octanol–water partition coefficient (Wildman–Crippen LogP) is 2.34. The smallest absolute Gasteiger partial charge is 0.410 e. The lowest BCUT2D eigenvalue weighted by Gasteiger charge is -2.35. The molecule has 3 atom stereocenters. The zero-order valence-electron chi connectivity index (χ0n) is 14.5. The first kappa shape index (κ1) is 17.5. The molecule has 0 bridgehead atoms. The number of amides is 1. The number of nitrogens with zero attached hydrogens (tertiary/aromatic N) is 2. The van der Waals surface area contributed by atoms with Gasteiger partial charge in [-0.25, -0.2) is 4.79 Å². The van der Waals surface area contributed by atoms with Gasteiger partial charge in [0.1, 0.15) is 5.60 Å². The molecule has 0 spiro atoms. The fraction of sp³-hybridized carbons (Fsp3) is 0.941. The molecule has 5 nitrogen and oxygen atoms in total. The van der Waals surface area contributed by atoms with Crippen LogP contribution in [0.4, 0.5) is 4.79 Å². The fourth-order valence-corrected chi connectivity index (χ4v) is 3.49. The molecule has 0 aromatic heterocycles. The van der Waals surface area contributed by atoms with Crippen LogP contribution >= 0.6 is 0 Å². The Morgan fingerprint density at radius 2 is 2.00 bits per heavy atom. The minimum absolute atomic E-state index is 0.180. The van der Waals surface area contributed by atoms with E-state index in [1.807, 2.05) is 32.6 Å². The molecule has 5 heteroatoms. The summed E-state index contributed by atoms with van der Waals surface area (Å²) in [5, 5.41) is 9.70.